The summed E-state index contributed by atoms with van der Waals surface area (Å²) in [7, 11) is 0. The molecule has 0 aromatic carbocycles. The van der Waals surface area contributed by atoms with Crippen LogP contribution in [0.5, 0.6) is 0 Å². The van der Waals surface area contributed by atoms with Gasteiger partial charge in [-0.2, -0.15) is 0 Å². The van der Waals surface area contributed by atoms with Crippen molar-refractivity contribution in [2.24, 2.45) is 0 Å². The molecule has 96 valence electrons. The first-order valence-electron chi connectivity index (χ1n) is 5.78. The van der Waals surface area contributed by atoms with Crippen LogP contribution in [0.3, 0.4) is 0 Å². The minimum atomic E-state index is -0.524. The number of carbonyl (C=O) groups excluding carboxylic acids is 2. The minimum Gasteiger partial charge on any atom is -0.447 e. The average molecular weight is 304 g/mol. The first-order valence-corrected chi connectivity index (χ1v) is 6.69. The van der Waals surface area contributed by atoms with E-state index in [1.54, 1.807) is 0 Å². The molecule has 5 heteroatoms. The third-order valence-corrected chi connectivity index (χ3v) is 3.36. The largest absolute Gasteiger partial charge is 0.447 e. The summed E-state index contributed by atoms with van der Waals surface area (Å²) < 4.78 is 4.73. The van der Waals surface area contributed by atoms with Crippen LogP contribution in [0.25, 0.3) is 0 Å². The topological polar surface area (TPSA) is 46.6 Å². The Hall–Kier alpha value is -0.840. The van der Waals surface area contributed by atoms with Gasteiger partial charge in [0.2, 0.25) is 5.91 Å². The highest BCUT2D eigenvalue weighted by Gasteiger charge is 2.31. The van der Waals surface area contributed by atoms with Crippen LogP contribution in [0.1, 0.15) is 33.1 Å². The zero-order valence-electron chi connectivity index (χ0n) is 10.2. The van der Waals surface area contributed by atoms with E-state index >= 15 is 0 Å². The second-order valence-corrected chi connectivity index (χ2v) is 5.39. The third kappa shape index (κ3) is 4.50. The van der Waals surface area contributed by atoms with Gasteiger partial charge in [-0.1, -0.05) is 27.6 Å². The van der Waals surface area contributed by atoms with Gasteiger partial charge in [-0.15, -0.1) is 0 Å². The van der Waals surface area contributed by atoms with Crippen LogP contribution in [-0.2, 0) is 9.53 Å². The fourth-order valence-corrected chi connectivity index (χ4v) is 2.14. The number of allylic oxidation sites excluding steroid dienone is 2. The summed E-state index contributed by atoms with van der Waals surface area (Å²) in [5, 5.41) is 0. The molecule has 1 aliphatic rings. The second-order valence-electron chi connectivity index (χ2n) is 4.28. The minimum absolute atomic E-state index is 0.190. The van der Waals surface area contributed by atoms with Crippen molar-refractivity contribution in [3.05, 3.63) is 11.6 Å². The van der Waals surface area contributed by atoms with Crippen LogP contribution < -0.4 is 0 Å². The van der Waals surface area contributed by atoms with Gasteiger partial charge in [-0.3, -0.25) is 4.79 Å². The zero-order chi connectivity index (χ0) is 12.8. The predicted octanol–water partition coefficient (Wildman–Crippen LogP) is 2.87. The molecule has 1 saturated heterocycles. The molecule has 0 aromatic rings. The molecule has 1 heterocycles. The van der Waals surface area contributed by atoms with Gasteiger partial charge in [-0.05, 0) is 33.1 Å². The van der Waals surface area contributed by atoms with Gasteiger partial charge in [-0.25, -0.2) is 9.69 Å². The van der Waals surface area contributed by atoms with Crippen LogP contribution >= 0.6 is 15.9 Å². The van der Waals surface area contributed by atoms with Crippen molar-refractivity contribution < 1.29 is 14.3 Å². The predicted molar refractivity (Wildman–Crippen MR) is 69.1 cm³/mol. The standard InChI is InChI=1S/C12H18BrNO3/c1-9(2)5-3-4-6-10(13)11(15)14-7-8-17-12(14)16/h5,10H,3-4,6-8H2,1-2H3. The molecule has 4 nitrogen and oxygen atoms in total. The van der Waals surface area contributed by atoms with Gasteiger partial charge in [0.15, 0.2) is 0 Å². The van der Waals surface area contributed by atoms with E-state index in [-0.39, 0.29) is 10.7 Å². The van der Waals surface area contributed by atoms with Crippen LogP contribution in [-0.4, -0.2) is 34.9 Å². The lowest BCUT2D eigenvalue weighted by Gasteiger charge is -2.14. The summed E-state index contributed by atoms with van der Waals surface area (Å²) >= 11 is 3.33. The maximum Gasteiger partial charge on any atom is 0.416 e. The van der Waals surface area contributed by atoms with Gasteiger partial charge in [0.1, 0.15) is 6.61 Å². The molecule has 0 spiro atoms. The number of rotatable bonds is 5. The number of hydrogen-bond donors (Lipinski definition) is 0. The van der Waals surface area contributed by atoms with Gasteiger partial charge in [0, 0.05) is 0 Å². The van der Waals surface area contributed by atoms with Gasteiger partial charge in [0.25, 0.3) is 0 Å². The number of imide groups is 1. The van der Waals surface area contributed by atoms with Crippen molar-refractivity contribution in [1.29, 1.82) is 0 Å². The molecule has 1 fully saturated rings. The number of alkyl halides is 1. The summed E-state index contributed by atoms with van der Waals surface area (Å²) in [6.45, 7) is 4.78. The van der Waals surface area contributed by atoms with Crippen LogP contribution in [0.15, 0.2) is 11.6 Å². The zero-order valence-corrected chi connectivity index (χ0v) is 11.8. The maximum atomic E-state index is 11.8. The molecular weight excluding hydrogens is 286 g/mol. The highest BCUT2D eigenvalue weighted by molar-refractivity contribution is 9.10. The molecule has 17 heavy (non-hydrogen) atoms. The number of amides is 2. The Morgan fingerprint density at radius 2 is 2.29 bits per heavy atom. The summed E-state index contributed by atoms with van der Waals surface area (Å²) in [6, 6.07) is 0. The Balaban J connectivity index is 2.32. The van der Waals surface area contributed by atoms with Gasteiger partial charge in [0.05, 0.1) is 11.4 Å². The summed E-state index contributed by atoms with van der Waals surface area (Å²) in [4.78, 5) is 23.9. The van der Waals surface area contributed by atoms with E-state index in [1.807, 2.05) is 0 Å². The summed E-state index contributed by atoms with van der Waals surface area (Å²) in [5.74, 6) is -0.190. The Morgan fingerprint density at radius 1 is 1.59 bits per heavy atom. The Morgan fingerprint density at radius 3 is 2.82 bits per heavy atom. The Bertz CT molecular complexity index is 324. The first kappa shape index (κ1) is 14.2. The van der Waals surface area contributed by atoms with Gasteiger partial charge < -0.3 is 4.74 Å². The van der Waals surface area contributed by atoms with Crippen molar-refractivity contribution in [2.45, 2.75) is 37.9 Å². The van der Waals surface area contributed by atoms with E-state index in [4.69, 9.17) is 4.74 Å². The monoisotopic (exact) mass is 303 g/mol. The highest BCUT2D eigenvalue weighted by atomic mass is 79.9. The molecule has 2 amide bonds. The fraction of sp³-hybridized carbons (Fsp3) is 0.667. The van der Waals surface area contributed by atoms with E-state index in [9.17, 15) is 9.59 Å². The van der Waals surface area contributed by atoms with E-state index < -0.39 is 6.09 Å². The van der Waals surface area contributed by atoms with Crippen molar-refractivity contribution >= 4 is 27.9 Å². The van der Waals surface area contributed by atoms with E-state index in [0.717, 1.165) is 19.3 Å². The average Bonchev–Trinajstić information content (AvgIpc) is 2.69. The number of carbonyl (C=O) groups is 2. The smallest absolute Gasteiger partial charge is 0.416 e. The molecule has 1 atom stereocenters. The lowest BCUT2D eigenvalue weighted by atomic mass is 10.1. The molecule has 1 unspecified atom stereocenters. The van der Waals surface area contributed by atoms with E-state index in [2.05, 4.69) is 35.9 Å². The van der Waals surface area contributed by atoms with Gasteiger partial charge >= 0.3 is 6.09 Å². The number of halogens is 1. The summed E-state index contributed by atoms with van der Waals surface area (Å²) in [6.07, 6.45) is 4.24. The van der Waals surface area contributed by atoms with Crippen LogP contribution in [0.2, 0.25) is 0 Å². The molecule has 0 aromatic heterocycles. The fourth-order valence-electron chi connectivity index (χ4n) is 1.57. The normalized spacial score (nSPS) is 16.6. The molecule has 0 N–H and O–H groups in total. The van der Waals surface area contributed by atoms with Crippen molar-refractivity contribution in [3.63, 3.8) is 0 Å². The van der Waals surface area contributed by atoms with Crippen LogP contribution in [0.4, 0.5) is 4.79 Å². The molecule has 0 saturated carbocycles. The van der Waals surface area contributed by atoms with Crippen molar-refractivity contribution in [3.8, 4) is 0 Å². The first-order chi connectivity index (χ1) is 8.02. The van der Waals surface area contributed by atoms with E-state index in [0.29, 0.717) is 13.2 Å². The molecule has 1 rings (SSSR count). The van der Waals surface area contributed by atoms with Crippen LogP contribution in [0, 0.1) is 0 Å². The quantitative estimate of drug-likeness (QED) is 0.446. The highest BCUT2D eigenvalue weighted by Crippen LogP contribution is 2.16. The van der Waals surface area contributed by atoms with Crippen molar-refractivity contribution in [2.75, 3.05) is 13.2 Å². The summed E-state index contributed by atoms with van der Waals surface area (Å²) in [5.41, 5.74) is 1.28. The SMILES string of the molecule is CC(C)=CCCCC(Br)C(=O)N1CCOC1=O. The molecule has 0 bridgehead atoms. The lowest BCUT2D eigenvalue weighted by Crippen LogP contribution is -2.37. The lowest BCUT2D eigenvalue weighted by molar-refractivity contribution is -0.127. The third-order valence-electron chi connectivity index (χ3n) is 2.51. The second kappa shape index (κ2) is 6.79. The number of unbranched alkanes of at least 4 members (excludes halogenated alkanes) is 1. The molecule has 1 aliphatic heterocycles. The number of hydrogen-bond acceptors (Lipinski definition) is 3. The Labute approximate surface area is 110 Å². The maximum absolute atomic E-state index is 11.8. The van der Waals surface area contributed by atoms with E-state index in [1.165, 1.54) is 10.5 Å². The van der Waals surface area contributed by atoms with Crippen molar-refractivity contribution in [1.82, 2.24) is 4.90 Å². The number of nitrogens with zero attached hydrogens (tertiary/aromatic N) is 1. The molecular formula is C12H18BrNO3. The number of cyclic esters (lactones) is 1. The number of ether oxygens (including phenoxy) is 1. The Kier molecular flexibility index (Phi) is 5.68. The molecule has 0 aliphatic carbocycles. The molecule has 0 radical (unpaired) electrons.